The van der Waals surface area contributed by atoms with Crippen molar-refractivity contribution >= 4 is 5.69 Å². The van der Waals surface area contributed by atoms with Gasteiger partial charge in [0.25, 0.3) is 0 Å². The highest BCUT2D eigenvalue weighted by Crippen LogP contribution is 2.24. The lowest BCUT2D eigenvalue weighted by Crippen LogP contribution is -2.11. The van der Waals surface area contributed by atoms with Crippen LogP contribution < -0.4 is 5.32 Å². The van der Waals surface area contributed by atoms with Gasteiger partial charge in [-0.3, -0.25) is 0 Å². The second kappa shape index (κ2) is 5.00. The summed E-state index contributed by atoms with van der Waals surface area (Å²) < 4.78 is 26.3. The van der Waals surface area contributed by atoms with Crippen LogP contribution in [-0.2, 0) is 12.8 Å². The summed E-state index contributed by atoms with van der Waals surface area (Å²) in [5.41, 5.74) is 4.23. The molecule has 98 valence electrons. The Morgan fingerprint density at radius 3 is 2.53 bits per heavy atom. The van der Waals surface area contributed by atoms with E-state index in [1.807, 2.05) is 6.07 Å². The van der Waals surface area contributed by atoms with Gasteiger partial charge in [-0.2, -0.15) is 0 Å². The molecule has 0 atom stereocenters. The van der Waals surface area contributed by atoms with Crippen LogP contribution in [-0.4, -0.2) is 6.54 Å². The summed E-state index contributed by atoms with van der Waals surface area (Å²) in [6.07, 6.45) is 2.75. The lowest BCUT2D eigenvalue weighted by Gasteiger charge is -2.18. The molecule has 1 heterocycles. The van der Waals surface area contributed by atoms with E-state index in [9.17, 15) is 8.78 Å². The van der Waals surface area contributed by atoms with Gasteiger partial charge in [0.05, 0.1) is 0 Å². The number of benzene rings is 2. The molecule has 0 unspecified atom stereocenters. The number of rotatable bonds is 2. The lowest BCUT2D eigenvalue weighted by molar-refractivity contribution is 0.580. The minimum absolute atomic E-state index is 0.519. The zero-order valence-corrected chi connectivity index (χ0v) is 10.5. The molecule has 3 heteroatoms. The highest BCUT2D eigenvalue weighted by Gasteiger charge is 2.09. The molecular formula is C16H15F2N. The number of halogens is 2. The molecule has 0 saturated heterocycles. The Hall–Kier alpha value is -1.90. The largest absolute Gasteiger partial charge is 0.385 e. The number of hydrogen-bond donors (Lipinski definition) is 1. The lowest BCUT2D eigenvalue weighted by atomic mass is 9.97. The van der Waals surface area contributed by atoms with Crippen LogP contribution >= 0.6 is 0 Å². The Labute approximate surface area is 111 Å². The van der Waals surface area contributed by atoms with E-state index < -0.39 is 11.6 Å². The molecule has 0 amide bonds. The van der Waals surface area contributed by atoms with E-state index in [1.54, 1.807) is 0 Å². The zero-order chi connectivity index (χ0) is 13.2. The topological polar surface area (TPSA) is 12.0 Å². The summed E-state index contributed by atoms with van der Waals surface area (Å²) in [5.74, 6) is -1.04. The molecule has 0 aliphatic carbocycles. The van der Waals surface area contributed by atoms with Crippen LogP contribution in [0.5, 0.6) is 0 Å². The monoisotopic (exact) mass is 259 g/mol. The Morgan fingerprint density at radius 1 is 0.947 bits per heavy atom. The van der Waals surface area contributed by atoms with Crippen LogP contribution in [0.1, 0.15) is 23.1 Å². The van der Waals surface area contributed by atoms with Crippen molar-refractivity contribution in [2.75, 3.05) is 11.9 Å². The van der Waals surface area contributed by atoms with E-state index in [0.717, 1.165) is 31.0 Å². The van der Waals surface area contributed by atoms with Crippen LogP contribution in [0.4, 0.5) is 14.5 Å². The van der Waals surface area contributed by atoms with Crippen LogP contribution in [0.3, 0.4) is 0 Å². The predicted octanol–water partition coefficient (Wildman–Crippen LogP) is 3.91. The summed E-state index contributed by atoms with van der Waals surface area (Å²) in [5, 5.41) is 3.35. The highest BCUT2D eigenvalue weighted by atomic mass is 19.1. The van der Waals surface area contributed by atoms with Crippen LogP contribution in [0, 0.1) is 11.6 Å². The molecule has 0 aromatic heterocycles. The average Bonchev–Trinajstić information content (AvgIpc) is 2.37. The van der Waals surface area contributed by atoms with Crippen molar-refractivity contribution in [1.82, 2.24) is 0 Å². The standard InChI is InChI=1S/C16H15F2N/c17-14-8-12(9-15(18)10-14)6-11-3-4-16-13(7-11)2-1-5-19-16/h3-4,7-10,19H,1-2,5-6H2. The van der Waals surface area contributed by atoms with Crippen molar-refractivity contribution in [3.63, 3.8) is 0 Å². The molecule has 3 rings (SSSR count). The molecule has 0 radical (unpaired) electrons. The van der Waals surface area contributed by atoms with Crippen LogP contribution in [0.15, 0.2) is 36.4 Å². The number of nitrogens with one attached hydrogen (secondary N) is 1. The Bertz CT molecular complexity index is 587. The van der Waals surface area contributed by atoms with Gasteiger partial charge in [0, 0.05) is 18.3 Å². The highest BCUT2D eigenvalue weighted by molar-refractivity contribution is 5.54. The molecular weight excluding hydrogens is 244 g/mol. The molecule has 19 heavy (non-hydrogen) atoms. The number of aryl methyl sites for hydroxylation is 1. The molecule has 2 aromatic carbocycles. The van der Waals surface area contributed by atoms with Gasteiger partial charge in [-0.1, -0.05) is 12.1 Å². The SMILES string of the molecule is Fc1cc(F)cc(Cc2ccc3c(c2)CCCN3)c1. The first kappa shape index (κ1) is 12.2. The van der Waals surface area contributed by atoms with Crippen molar-refractivity contribution in [3.8, 4) is 0 Å². The first-order chi connectivity index (χ1) is 9.20. The van der Waals surface area contributed by atoms with Crippen molar-refractivity contribution in [1.29, 1.82) is 0 Å². The van der Waals surface area contributed by atoms with Gasteiger partial charge in [-0.05, 0) is 54.2 Å². The fourth-order valence-electron chi connectivity index (χ4n) is 2.59. The third-order valence-corrected chi connectivity index (χ3v) is 3.44. The van der Waals surface area contributed by atoms with Crippen molar-refractivity contribution < 1.29 is 8.78 Å². The van der Waals surface area contributed by atoms with E-state index in [-0.39, 0.29) is 0 Å². The Balaban J connectivity index is 1.86. The van der Waals surface area contributed by atoms with Gasteiger partial charge in [-0.15, -0.1) is 0 Å². The third kappa shape index (κ3) is 2.75. The molecule has 2 aromatic rings. The number of fused-ring (bicyclic) bond motifs is 1. The van der Waals surface area contributed by atoms with Gasteiger partial charge in [-0.25, -0.2) is 8.78 Å². The molecule has 0 saturated carbocycles. The van der Waals surface area contributed by atoms with Crippen LogP contribution in [0.2, 0.25) is 0 Å². The maximum atomic E-state index is 13.2. The Kier molecular flexibility index (Phi) is 3.20. The third-order valence-electron chi connectivity index (χ3n) is 3.44. The van der Waals surface area contributed by atoms with Crippen molar-refractivity contribution in [2.24, 2.45) is 0 Å². The van der Waals surface area contributed by atoms with E-state index in [0.29, 0.717) is 12.0 Å². The summed E-state index contributed by atoms with van der Waals surface area (Å²) in [6.45, 7) is 1.02. The van der Waals surface area contributed by atoms with Gasteiger partial charge in [0.1, 0.15) is 11.6 Å². The van der Waals surface area contributed by atoms with Gasteiger partial charge < -0.3 is 5.32 Å². The van der Waals surface area contributed by atoms with E-state index in [4.69, 9.17) is 0 Å². The van der Waals surface area contributed by atoms with Crippen molar-refractivity contribution in [3.05, 3.63) is 64.7 Å². The van der Waals surface area contributed by atoms with E-state index >= 15 is 0 Å². The van der Waals surface area contributed by atoms with Crippen molar-refractivity contribution in [2.45, 2.75) is 19.3 Å². The fraction of sp³-hybridized carbons (Fsp3) is 0.250. The summed E-state index contributed by atoms with van der Waals surface area (Å²) in [4.78, 5) is 0. The summed E-state index contributed by atoms with van der Waals surface area (Å²) >= 11 is 0. The summed E-state index contributed by atoms with van der Waals surface area (Å²) in [6, 6.07) is 9.88. The molecule has 0 fully saturated rings. The second-order valence-electron chi connectivity index (χ2n) is 4.98. The number of anilines is 1. The minimum Gasteiger partial charge on any atom is -0.385 e. The summed E-state index contributed by atoms with van der Waals surface area (Å²) in [7, 11) is 0. The molecule has 1 aliphatic rings. The van der Waals surface area contributed by atoms with E-state index in [2.05, 4.69) is 17.4 Å². The fourth-order valence-corrected chi connectivity index (χ4v) is 2.59. The van der Waals surface area contributed by atoms with Gasteiger partial charge in [0.2, 0.25) is 0 Å². The quantitative estimate of drug-likeness (QED) is 0.862. The van der Waals surface area contributed by atoms with Gasteiger partial charge in [0.15, 0.2) is 0 Å². The average molecular weight is 259 g/mol. The number of hydrogen-bond acceptors (Lipinski definition) is 1. The minimum atomic E-state index is -0.519. The molecule has 0 spiro atoms. The first-order valence-corrected chi connectivity index (χ1v) is 6.51. The zero-order valence-electron chi connectivity index (χ0n) is 10.5. The molecule has 1 nitrogen and oxygen atoms in total. The predicted molar refractivity (Wildman–Crippen MR) is 72.4 cm³/mol. The maximum Gasteiger partial charge on any atom is 0.126 e. The first-order valence-electron chi connectivity index (χ1n) is 6.51. The Morgan fingerprint density at radius 2 is 1.74 bits per heavy atom. The molecule has 0 bridgehead atoms. The van der Waals surface area contributed by atoms with Crippen LogP contribution in [0.25, 0.3) is 0 Å². The second-order valence-corrected chi connectivity index (χ2v) is 4.98. The maximum absolute atomic E-state index is 13.2. The molecule has 1 aliphatic heterocycles. The smallest absolute Gasteiger partial charge is 0.126 e. The molecule has 1 N–H and O–H groups in total. The van der Waals surface area contributed by atoms with E-state index in [1.165, 1.54) is 23.4 Å². The van der Waals surface area contributed by atoms with Gasteiger partial charge >= 0.3 is 0 Å². The normalized spacial score (nSPS) is 13.8.